The molecule has 1 amide bonds. The van der Waals surface area contributed by atoms with Gasteiger partial charge in [-0.15, -0.1) is 0 Å². The SMILES string of the molecule is O=C(Nc1ccc(N2CCSCC2)c(Cl)c1)C1CCCN(c2cnccn2)C1. The molecule has 148 valence electrons. The molecule has 0 bridgehead atoms. The van der Waals surface area contributed by atoms with Crippen LogP contribution in [-0.4, -0.2) is 53.6 Å². The molecular formula is C20H24ClN5OS. The maximum absolute atomic E-state index is 12.8. The lowest BCUT2D eigenvalue weighted by molar-refractivity contribution is -0.120. The van der Waals surface area contributed by atoms with Crippen LogP contribution in [0.4, 0.5) is 17.2 Å². The predicted octanol–water partition coefficient (Wildman–Crippen LogP) is 3.54. The van der Waals surface area contributed by atoms with Crippen LogP contribution in [0.15, 0.2) is 36.8 Å². The van der Waals surface area contributed by atoms with Crippen molar-refractivity contribution in [2.45, 2.75) is 12.8 Å². The number of nitrogens with zero attached hydrogens (tertiary/aromatic N) is 4. The molecule has 3 heterocycles. The fraction of sp³-hybridized carbons (Fsp3) is 0.450. The van der Waals surface area contributed by atoms with Gasteiger partial charge in [-0.1, -0.05) is 11.6 Å². The second-order valence-electron chi connectivity index (χ2n) is 7.10. The van der Waals surface area contributed by atoms with Gasteiger partial charge in [0.2, 0.25) is 5.91 Å². The third kappa shape index (κ3) is 4.52. The summed E-state index contributed by atoms with van der Waals surface area (Å²) in [5.41, 5.74) is 1.80. The highest BCUT2D eigenvalue weighted by molar-refractivity contribution is 7.99. The standard InChI is InChI=1S/C20H24ClN5OS/c21-17-12-16(3-4-18(17)25-8-10-28-11-9-25)24-20(27)15-2-1-7-26(14-15)19-13-22-5-6-23-19/h3-6,12-13,15H,1-2,7-11,14H2,(H,24,27). The Bertz CT molecular complexity index is 815. The van der Waals surface area contributed by atoms with Crippen LogP contribution in [0.25, 0.3) is 0 Å². The Labute approximate surface area is 174 Å². The topological polar surface area (TPSA) is 61.4 Å². The van der Waals surface area contributed by atoms with Gasteiger partial charge in [0.25, 0.3) is 0 Å². The molecule has 2 aliphatic heterocycles. The van der Waals surface area contributed by atoms with Crippen LogP contribution < -0.4 is 15.1 Å². The summed E-state index contributed by atoms with van der Waals surface area (Å²) in [6.07, 6.45) is 6.93. The van der Waals surface area contributed by atoms with E-state index in [0.29, 0.717) is 11.6 Å². The molecule has 1 aromatic carbocycles. The van der Waals surface area contributed by atoms with E-state index in [-0.39, 0.29) is 11.8 Å². The van der Waals surface area contributed by atoms with Gasteiger partial charge in [0, 0.05) is 55.8 Å². The quantitative estimate of drug-likeness (QED) is 0.821. The molecule has 0 aliphatic carbocycles. The van der Waals surface area contributed by atoms with Crippen LogP contribution in [0.2, 0.25) is 5.02 Å². The number of benzene rings is 1. The highest BCUT2D eigenvalue weighted by Crippen LogP contribution is 2.31. The molecule has 8 heteroatoms. The van der Waals surface area contributed by atoms with Gasteiger partial charge in [-0.05, 0) is 31.0 Å². The van der Waals surface area contributed by atoms with Crippen LogP contribution in [-0.2, 0) is 4.79 Å². The third-order valence-electron chi connectivity index (χ3n) is 5.23. The number of rotatable bonds is 4. The van der Waals surface area contributed by atoms with Crippen LogP contribution in [0.5, 0.6) is 0 Å². The number of hydrogen-bond donors (Lipinski definition) is 1. The summed E-state index contributed by atoms with van der Waals surface area (Å²) < 4.78 is 0. The molecule has 2 aliphatic rings. The molecule has 1 N–H and O–H groups in total. The number of anilines is 3. The smallest absolute Gasteiger partial charge is 0.229 e. The highest BCUT2D eigenvalue weighted by atomic mass is 35.5. The zero-order chi connectivity index (χ0) is 19.3. The van der Waals surface area contributed by atoms with E-state index in [1.165, 1.54) is 0 Å². The van der Waals surface area contributed by atoms with Crippen LogP contribution in [0.1, 0.15) is 12.8 Å². The predicted molar refractivity (Wildman–Crippen MR) is 117 cm³/mol. The van der Waals surface area contributed by atoms with E-state index in [0.717, 1.165) is 61.2 Å². The summed E-state index contributed by atoms with van der Waals surface area (Å²) in [4.78, 5) is 25.7. The first-order valence-corrected chi connectivity index (χ1v) is 11.2. The Morgan fingerprint density at radius 1 is 1.18 bits per heavy atom. The van der Waals surface area contributed by atoms with Crippen LogP contribution in [0.3, 0.4) is 0 Å². The lowest BCUT2D eigenvalue weighted by atomic mass is 9.97. The van der Waals surface area contributed by atoms with E-state index in [2.05, 4.69) is 25.1 Å². The molecule has 2 aromatic rings. The zero-order valence-electron chi connectivity index (χ0n) is 15.7. The van der Waals surface area contributed by atoms with E-state index in [4.69, 9.17) is 11.6 Å². The van der Waals surface area contributed by atoms with Crippen molar-refractivity contribution in [2.75, 3.05) is 52.8 Å². The van der Waals surface area contributed by atoms with Crippen molar-refractivity contribution >= 4 is 46.5 Å². The Hall–Kier alpha value is -1.99. The van der Waals surface area contributed by atoms with E-state index < -0.39 is 0 Å². The minimum absolute atomic E-state index is 0.0341. The fourth-order valence-corrected chi connectivity index (χ4v) is 4.95. The van der Waals surface area contributed by atoms with Crippen molar-refractivity contribution in [3.63, 3.8) is 0 Å². The molecule has 2 fully saturated rings. The molecule has 4 rings (SSSR count). The second kappa shape index (κ2) is 9.01. The molecule has 0 radical (unpaired) electrons. The molecule has 1 aromatic heterocycles. The summed E-state index contributed by atoms with van der Waals surface area (Å²) >= 11 is 8.48. The van der Waals surface area contributed by atoms with E-state index in [9.17, 15) is 4.79 Å². The molecule has 1 unspecified atom stereocenters. The van der Waals surface area contributed by atoms with Crippen molar-refractivity contribution in [3.05, 3.63) is 41.8 Å². The first-order chi connectivity index (χ1) is 13.7. The average Bonchev–Trinajstić information content (AvgIpc) is 2.75. The number of nitrogens with one attached hydrogen (secondary N) is 1. The molecular weight excluding hydrogens is 394 g/mol. The van der Waals surface area contributed by atoms with Crippen molar-refractivity contribution in [1.82, 2.24) is 9.97 Å². The van der Waals surface area contributed by atoms with Gasteiger partial charge in [0.15, 0.2) is 0 Å². The lowest BCUT2D eigenvalue weighted by Gasteiger charge is -2.32. The average molecular weight is 418 g/mol. The lowest BCUT2D eigenvalue weighted by Crippen LogP contribution is -2.41. The Morgan fingerprint density at radius 2 is 2.04 bits per heavy atom. The van der Waals surface area contributed by atoms with E-state index in [1.807, 2.05) is 30.0 Å². The summed E-state index contributed by atoms with van der Waals surface area (Å²) in [5.74, 6) is 3.03. The van der Waals surface area contributed by atoms with Crippen molar-refractivity contribution < 1.29 is 4.79 Å². The first-order valence-electron chi connectivity index (χ1n) is 9.65. The van der Waals surface area contributed by atoms with Gasteiger partial charge >= 0.3 is 0 Å². The van der Waals surface area contributed by atoms with Gasteiger partial charge in [0.05, 0.1) is 22.8 Å². The Kier molecular flexibility index (Phi) is 6.22. The minimum atomic E-state index is -0.0756. The van der Waals surface area contributed by atoms with Crippen molar-refractivity contribution in [1.29, 1.82) is 0 Å². The maximum Gasteiger partial charge on any atom is 0.229 e. The summed E-state index contributed by atoms with van der Waals surface area (Å²) in [5, 5.41) is 3.74. The van der Waals surface area contributed by atoms with E-state index in [1.54, 1.807) is 18.6 Å². The van der Waals surface area contributed by atoms with Crippen molar-refractivity contribution in [2.24, 2.45) is 5.92 Å². The number of carbonyl (C=O) groups is 1. The van der Waals surface area contributed by atoms with Crippen LogP contribution >= 0.6 is 23.4 Å². The van der Waals surface area contributed by atoms with Crippen molar-refractivity contribution in [3.8, 4) is 0 Å². The van der Waals surface area contributed by atoms with Gasteiger partial charge in [-0.3, -0.25) is 9.78 Å². The van der Waals surface area contributed by atoms with Gasteiger partial charge in [-0.2, -0.15) is 11.8 Å². The minimum Gasteiger partial charge on any atom is -0.369 e. The number of thioether (sulfide) groups is 1. The highest BCUT2D eigenvalue weighted by Gasteiger charge is 2.27. The normalized spacial score (nSPS) is 20.1. The summed E-state index contributed by atoms with van der Waals surface area (Å²) in [6.45, 7) is 3.58. The second-order valence-corrected chi connectivity index (χ2v) is 8.74. The van der Waals surface area contributed by atoms with E-state index >= 15 is 0 Å². The Balaban J connectivity index is 1.39. The summed E-state index contributed by atoms with van der Waals surface area (Å²) in [6, 6.07) is 5.82. The molecule has 6 nitrogen and oxygen atoms in total. The number of amides is 1. The van der Waals surface area contributed by atoms with Gasteiger partial charge < -0.3 is 15.1 Å². The number of hydrogen-bond acceptors (Lipinski definition) is 6. The number of piperidine rings is 1. The number of halogens is 1. The first kappa shape index (κ1) is 19.3. The summed E-state index contributed by atoms with van der Waals surface area (Å²) in [7, 11) is 0. The molecule has 1 atom stereocenters. The molecule has 0 saturated carbocycles. The monoisotopic (exact) mass is 417 g/mol. The van der Waals surface area contributed by atoms with Gasteiger partial charge in [0.1, 0.15) is 5.82 Å². The molecule has 28 heavy (non-hydrogen) atoms. The third-order valence-corrected chi connectivity index (χ3v) is 6.48. The number of aromatic nitrogens is 2. The Morgan fingerprint density at radius 3 is 2.79 bits per heavy atom. The fourth-order valence-electron chi connectivity index (χ4n) is 3.74. The number of carbonyl (C=O) groups excluding carboxylic acids is 1. The van der Waals surface area contributed by atoms with Crippen LogP contribution in [0, 0.1) is 5.92 Å². The molecule has 2 saturated heterocycles. The maximum atomic E-state index is 12.8. The molecule has 0 spiro atoms. The largest absolute Gasteiger partial charge is 0.369 e. The zero-order valence-corrected chi connectivity index (χ0v) is 17.3. The van der Waals surface area contributed by atoms with Gasteiger partial charge in [-0.25, -0.2) is 4.98 Å².